The van der Waals surface area contributed by atoms with Gasteiger partial charge in [-0.1, -0.05) is 52.3 Å². The zero-order chi connectivity index (χ0) is 19.3. The third-order valence-corrected chi connectivity index (χ3v) is 5.92. The fraction of sp³-hybridized carbons (Fsp3) is 0.250. The second kappa shape index (κ2) is 8.89. The minimum atomic E-state index is -0.449. The van der Waals surface area contributed by atoms with Gasteiger partial charge in [0.05, 0.1) is 13.2 Å². The van der Waals surface area contributed by atoms with Crippen LogP contribution in [-0.4, -0.2) is 47.3 Å². The number of carbonyl (C=O) groups is 1. The Bertz CT molecular complexity index is 945. The molecule has 0 N–H and O–H groups in total. The number of carbonyl (C=O) groups excluding carboxylic acids is 1. The Labute approximate surface area is 175 Å². The maximum absolute atomic E-state index is 13.2. The fourth-order valence-corrected chi connectivity index (χ4v) is 4.29. The molecule has 1 aliphatic heterocycles. The van der Waals surface area contributed by atoms with Gasteiger partial charge in [0, 0.05) is 23.1 Å². The van der Waals surface area contributed by atoms with E-state index in [4.69, 9.17) is 9.15 Å². The van der Waals surface area contributed by atoms with E-state index in [2.05, 4.69) is 26.1 Å². The van der Waals surface area contributed by atoms with Crippen LogP contribution in [-0.2, 0) is 9.53 Å². The second-order valence-electron chi connectivity index (χ2n) is 6.23. The van der Waals surface area contributed by atoms with Crippen molar-refractivity contribution >= 4 is 33.6 Å². The fourth-order valence-electron chi connectivity index (χ4n) is 2.93. The van der Waals surface area contributed by atoms with Gasteiger partial charge in [-0.15, -0.1) is 10.2 Å². The molecule has 1 amide bonds. The van der Waals surface area contributed by atoms with Gasteiger partial charge >= 0.3 is 0 Å². The number of halogens is 1. The summed E-state index contributed by atoms with van der Waals surface area (Å²) in [5.74, 6) is 0.455. The van der Waals surface area contributed by atoms with Crippen LogP contribution < -0.4 is 0 Å². The molecule has 0 aliphatic carbocycles. The Morgan fingerprint density at radius 1 is 1.07 bits per heavy atom. The summed E-state index contributed by atoms with van der Waals surface area (Å²) in [6, 6.07) is 17.3. The van der Waals surface area contributed by atoms with E-state index < -0.39 is 5.25 Å². The maximum atomic E-state index is 13.2. The summed E-state index contributed by atoms with van der Waals surface area (Å²) in [5, 5.41) is 8.21. The van der Waals surface area contributed by atoms with Gasteiger partial charge in [0.15, 0.2) is 0 Å². The molecule has 4 rings (SSSR count). The molecule has 1 unspecified atom stereocenters. The van der Waals surface area contributed by atoms with Crippen molar-refractivity contribution in [2.24, 2.45) is 0 Å². The predicted molar refractivity (Wildman–Crippen MR) is 110 cm³/mol. The lowest BCUT2D eigenvalue weighted by Crippen LogP contribution is -2.42. The first-order valence-corrected chi connectivity index (χ1v) is 10.6. The topological polar surface area (TPSA) is 68.5 Å². The lowest BCUT2D eigenvalue weighted by Gasteiger charge is -2.29. The zero-order valence-corrected chi connectivity index (χ0v) is 17.4. The van der Waals surface area contributed by atoms with Gasteiger partial charge < -0.3 is 14.1 Å². The standard InChI is InChI=1S/C20H18BrN3O3S/c21-16-8-4-7-15(13-16)18-22-23-20(27-18)28-17(14-5-2-1-3-6-14)19(25)24-9-11-26-12-10-24/h1-8,13,17H,9-12H2. The van der Waals surface area contributed by atoms with Gasteiger partial charge in [-0.25, -0.2) is 0 Å². The highest BCUT2D eigenvalue weighted by Gasteiger charge is 2.30. The normalized spacial score (nSPS) is 15.4. The summed E-state index contributed by atoms with van der Waals surface area (Å²) in [7, 11) is 0. The zero-order valence-electron chi connectivity index (χ0n) is 15.0. The van der Waals surface area contributed by atoms with Crippen LogP contribution in [0.2, 0.25) is 0 Å². The van der Waals surface area contributed by atoms with Crippen molar-refractivity contribution in [3.63, 3.8) is 0 Å². The van der Waals surface area contributed by atoms with E-state index in [-0.39, 0.29) is 5.91 Å². The van der Waals surface area contributed by atoms with E-state index >= 15 is 0 Å². The lowest BCUT2D eigenvalue weighted by molar-refractivity contribution is -0.134. The van der Waals surface area contributed by atoms with Crippen molar-refractivity contribution < 1.29 is 13.9 Å². The smallest absolute Gasteiger partial charge is 0.277 e. The first kappa shape index (κ1) is 19.2. The molecule has 2 heterocycles. The largest absolute Gasteiger partial charge is 0.411 e. The third-order valence-electron chi connectivity index (χ3n) is 4.35. The molecule has 144 valence electrons. The molecule has 3 aromatic rings. The minimum Gasteiger partial charge on any atom is -0.411 e. The van der Waals surface area contributed by atoms with E-state index in [0.29, 0.717) is 37.4 Å². The molecule has 0 spiro atoms. The van der Waals surface area contributed by atoms with Crippen molar-refractivity contribution in [2.45, 2.75) is 10.5 Å². The van der Waals surface area contributed by atoms with E-state index in [1.54, 1.807) is 0 Å². The van der Waals surface area contributed by atoms with Crippen molar-refractivity contribution in [1.82, 2.24) is 15.1 Å². The molecule has 1 saturated heterocycles. The van der Waals surface area contributed by atoms with Gasteiger partial charge in [0.25, 0.3) is 5.22 Å². The summed E-state index contributed by atoms with van der Waals surface area (Å²) in [5.41, 5.74) is 1.73. The van der Waals surface area contributed by atoms with Gasteiger partial charge in [-0.2, -0.15) is 0 Å². The van der Waals surface area contributed by atoms with Crippen LogP contribution in [0.5, 0.6) is 0 Å². The number of hydrogen-bond donors (Lipinski definition) is 0. The van der Waals surface area contributed by atoms with Gasteiger partial charge in [-0.3, -0.25) is 4.79 Å². The van der Waals surface area contributed by atoms with Gasteiger partial charge in [0.2, 0.25) is 11.8 Å². The molecule has 0 radical (unpaired) electrons. The van der Waals surface area contributed by atoms with Gasteiger partial charge in [-0.05, 0) is 35.5 Å². The molecule has 6 nitrogen and oxygen atoms in total. The molecular formula is C20H18BrN3O3S. The van der Waals surface area contributed by atoms with E-state index in [0.717, 1.165) is 15.6 Å². The van der Waals surface area contributed by atoms with E-state index in [9.17, 15) is 4.79 Å². The van der Waals surface area contributed by atoms with Crippen LogP contribution in [0.25, 0.3) is 11.5 Å². The number of aromatic nitrogens is 2. The first-order chi connectivity index (χ1) is 13.7. The molecule has 28 heavy (non-hydrogen) atoms. The number of hydrogen-bond acceptors (Lipinski definition) is 6. The Balaban J connectivity index is 1.58. The number of morpholine rings is 1. The molecule has 0 bridgehead atoms. The van der Waals surface area contributed by atoms with Crippen LogP contribution >= 0.6 is 27.7 Å². The van der Waals surface area contributed by atoms with Crippen LogP contribution in [0.1, 0.15) is 10.8 Å². The van der Waals surface area contributed by atoms with E-state index in [1.165, 1.54) is 11.8 Å². The summed E-state index contributed by atoms with van der Waals surface area (Å²) >= 11 is 4.72. The quantitative estimate of drug-likeness (QED) is 0.532. The molecule has 0 saturated carbocycles. The predicted octanol–water partition coefficient (Wildman–Crippen LogP) is 4.19. The summed E-state index contributed by atoms with van der Waals surface area (Å²) in [4.78, 5) is 15.0. The van der Waals surface area contributed by atoms with Crippen LogP contribution in [0, 0.1) is 0 Å². The lowest BCUT2D eigenvalue weighted by atomic mass is 10.1. The van der Waals surface area contributed by atoms with E-state index in [1.807, 2.05) is 59.5 Å². The molecule has 1 aromatic heterocycles. The van der Waals surface area contributed by atoms with Crippen molar-refractivity contribution in [3.05, 3.63) is 64.6 Å². The molecule has 8 heteroatoms. The second-order valence-corrected chi connectivity index (χ2v) is 8.20. The van der Waals surface area contributed by atoms with Crippen molar-refractivity contribution in [1.29, 1.82) is 0 Å². The van der Waals surface area contributed by atoms with Crippen LogP contribution in [0.15, 0.2) is 68.7 Å². The Hall–Kier alpha value is -2.16. The highest BCUT2D eigenvalue weighted by molar-refractivity contribution is 9.10. The number of ether oxygens (including phenoxy) is 1. The van der Waals surface area contributed by atoms with Gasteiger partial charge in [0.1, 0.15) is 5.25 Å². The molecule has 2 aromatic carbocycles. The average Bonchev–Trinajstić information content (AvgIpc) is 3.22. The molecule has 1 fully saturated rings. The molecule has 1 aliphatic rings. The SMILES string of the molecule is O=C(C(Sc1nnc(-c2cccc(Br)c2)o1)c1ccccc1)N1CCOCC1. The highest BCUT2D eigenvalue weighted by atomic mass is 79.9. The number of rotatable bonds is 5. The number of benzene rings is 2. The van der Waals surface area contributed by atoms with Crippen LogP contribution in [0.3, 0.4) is 0 Å². The Morgan fingerprint density at radius 3 is 2.61 bits per heavy atom. The Kier molecular flexibility index (Phi) is 6.09. The Morgan fingerprint density at radius 2 is 1.86 bits per heavy atom. The maximum Gasteiger partial charge on any atom is 0.277 e. The summed E-state index contributed by atoms with van der Waals surface area (Å²) < 4.78 is 12.1. The summed E-state index contributed by atoms with van der Waals surface area (Å²) in [6.45, 7) is 2.31. The van der Waals surface area contributed by atoms with Crippen LogP contribution in [0.4, 0.5) is 0 Å². The minimum absolute atomic E-state index is 0.0294. The highest BCUT2D eigenvalue weighted by Crippen LogP contribution is 2.37. The number of thioether (sulfide) groups is 1. The average molecular weight is 460 g/mol. The first-order valence-electron chi connectivity index (χ1n) is 8.88. The number of amides is 1. The third kappa shape index (κ3) is 4.45. The monoisotopic (exact) mass is 459 g/mol. The van der Waals surface area contributed by atoms with Crippen molar-refractivity contribution in [3.8, 4) is 11.5 Å². The number of nitrogens with zero attached hydrogens (tertiary/aromatic N) is 3. The summed E-state index contributed by atoms with van der Waals surface area (Å²) in [6.07, 6.45) is 0. The molecular weight excluding hydrogens is 442 g/mol. The molecule has 1 atom stereocenters. The van der Waals surface area contributed by atoms with Crippen molar-refractivity contribution in [2.75, 3.05) is 26.3 Å².